The minimum absolute atomic E-state index is 0.0438. The smallest absolute Gasteiger partial charge is 0.245 e. The van der Waals surface area contributed by atoms with E-state index in [0.717, 1.165) is 32.6 Å². The summed E-state index contributed by atoms with van der Waals surface area (Å²) < 4.78 is 0. The number of nitrogens with one attached hydrogen (secondary N) is 1. The summed E-state index contributed by atoms with van der Waals surface area (Å²) in [6.45, 7) is 8.25. The van der Waals surface area contributed by atoms with Crippen molar-refractivity contribution >= 4 is 11.8 Å². The van der Waals surface area contributed by atoms with Crippen LogP contribution in [0.2, 0.25) is 0 Å². The molecular formula is C21H29N3O2. The Hall–Kier alpha value is -1.88. The summed E-state index contributed by atoms with van der Waals surface area (Å²) in [7, 11) is 0. The van der Waals surface area contributed by atoms with E-state index >= 15 is 0 Å². The maximum absolute atomic E-state index is 13.4. The van der Waals surface area contributed by atoms with Gasteiger partial charge in [0.25, 0.3) is 0 Å². The van der Waals surface area contributed by atoms with Crippen molar-refractivity contribution in [1.82, 2.24) is 15.1 Å². The first kappa shape index (κ1) is 17.5. The van der Waals surface area contributed by atoms with Gasteiger partial charge in [-0.25, -0.2) is 0 Å². The van der Waals surface area contributed by atoms with Crippen LogP contribution in [0.15, 0.2) is 24.3 Å². The van der Waals surface area contributed by atoms with Gasteiger partial charge in [-0.2, -0.15) is 0 Å². The van der Waals surface area contributed by atoms with E-state index in [1.165, 1.54) is 11.1 Å². The molecule has 1 aromatic rings. The van der Waals surface area contributed by atoms with E-state index < -0.39 is 0 Å². The minimum Gasteiger partial charge on any atom is -0.340 e. The number of benzene rings is 1. The summed E-state index contributed by atoms with van der Waals surface area (Å²) in [5, 5.41) is 3.42. The summed E-state index contributed by atoms with van der Waals surface area (Å²) >= 11 is 0. The molecule has 3 heterocycles. The van der Waals surface area contributed by atoms with E-state index in [1.807, 2.05) is 35.8 Å². The van der Waals surface area contributed by atoms with E-state index in [4.69, 9.17) is 0 Å². The Bertz CT molecular complexity index is 692. The molecule has 3 aliphatic rings. The van der Waals surface area contributed by atoms with Crippen molar-refractivity contribution in [1.29, 1.82) is 0 Å². The van der Waals surface area contributed by atoms with Crippen molar-refractivity contribution in [3.8, 4) is 0 Å². The van der Waals surface area contributed by atoms with Crippen LogP contribution in [0.5, 0.6) is 0 Å². The quantitative estimate of drug-likeness (QED) is 0.897. The Morgan fingerprint density at radius 2 is 1.81 bits per heavy atom. The largest absolute Gasteiger partial charge is 0.340 e. The van der Waals surface area contributed by atoms with E-state index in [9.17, 15) is 9.59 Å². The summed E-state index contributed by atoms with van der Waals surface area (Å²) in [4.78, 5) is 30.3. The molecule has 2 fully saturated rings. The first-order valence-electron chi connectivity index (χ1n) is 9.95. The molecule has 2 saturated heterocycles. The lowest BCUT2D eigenvalue weighted by Crippen LogP contribution is -2.54. The van der Waals surface area contributed by atoms with E-state index in [-0.39, 0.29) is 23.8 Å². The van der Waals surface area contributed by atoms with E-state index in [0.29, 0.717) is 24.8 Å². The normalized spacial score (nSPS) is 28.6. The van der Waals surface area contributed by atoms with Gasteiger partial charge in [-0.3, -0.25) is 9.59 Å². The molecule has 4 atom stereocenters. The number of rotatable bonds is 3. The maximum atomic E-state index is 13.4. The number of nitrogens with zero attached hydrogens (tertiary/aromatic N) is 2. The number of carbonyl (C=O) groups excluding carboxylic acids is 2. The molecule has 1 N–H and O–H groups in total. The first-order chi connectivity index (χ1) is 12.6. The van der Waals surface area contributed by atoms with Gasteiger partial charge in [0.15, 0.2) is 0 Å². The van der Waals surface area contributed by atoms with Crippen molar-refractivity contribution in [2.24, 2.45) is 17.8 Å². The first-order valence-corrected chi connectivity index (χ1v) is 9.95. The van der Waals surface area contributed by atoms with Crippen LogP contribution in [0.3, 0.4) is 0 Å². The fraction of sp³-hybridized carbons (Fsp3) is 0.619. The SMILES string of the molecule is CCC(C)C(=O)N1Cc2ccccc2CC1C(=O)N1C[C@H]2CNC[C@H]2C1. The molecule has 1 aromatic carbocycles. The molecule has 0 saturated carbocycles. The number of amides is 2. The zero-order valence-corrected chi connectivity index (χ0v) is 15.8. The number of hydrogen-bond donors (Lipinski definition) is 1. The average molecular weight is 355 g/mol. The molecule has 0 aliphatic carbocycles. The molecule has 4 rings (SSSR count). The summed E-state index contributed by atoms with van der Waals surface area (Å²) in [5.74, 6) is 1.37. The van der Waals surface area contributed by atoms with Crippen molar-refractivity contribution < 1.29 is 9.59 Å². The zero-order chi connectivity index (χ0) is 18.3. The lowest BCUT2D eigenvalue weighted by Gasteiger charge is -2.39. The van der Waals surface area contributed by atoms with Crippen LogP contribution in [0.1, 0.15) is 31.4 Å². The monoisotopic (exact) mass is 355 g/mol. The van der Waals surface area contributed by atoms with Gasteiger partial charge in [0.2, 0.25) is 11.8 Å². The molecule has 2 unspecified atom stereocenters. The highest BCUT2D eigenvalue weighted by Gasteiger charge is 2.43. The molecule has 0 radical (unpaired) electrons. The number of fused-ring (bicyclic) bond motifs is 2. The van der Waals surface area contributed by atoms with Crippen LogP contribution in [0.25, 0.3) is 0 Å². The second-order valence-electron chi connectivity index (χ2n) is 8.19. The molecule has 0 bridgehead atoms. The van der Waals surface area contributed by atoms with Crippen LogP contribution >= 0.6 is 0 Å². The summed E-state index contributed by atoms with van der Waals surface area (Å²) in [6, 6.07) is 7.88. The third-order valence-corrected chi connectivity index (χ3v) is 6.55. The van der Waals surface area contributed by atoms with Gasteiger partial charge in [0, 0.05) is 45.1 Å². The number of hydrogen-bond acceptors (Lipinski definition) is 3. The van der Waals surface area contributed by atoms with Crippen LogP contribution in [-0.2, 0) is 22.6 Å². The predicted molar refractivity (Wildman–Crippen MR) is 100 cm³/mol. The van der Waals surface area contributed by atoms with Crippen LogP contribution in [0, 0.1) is 17.8 Å². The Kier molecular flexibility index (Phi) is 4.74. The van der Waals surface area contributed by atoms with Gasteiger partial charge < -0.3 is 15.1 Å². The highest BCUT2D eigenvalue weighted by molar-refractivity contribution is 5.89. The lowest BCUT2D eigenvalue weighted by atomic mass is 9.91. The van der Waals surface area contributed by atoms with Gasteiger partial charge in [0.1, 0.15) is 6.04 Å². The van der Waals surface area contributed by atoms with Crippen molar-refractivity contribution in [2.45, 2.75) is 39.3 Å². The number of carbonyl (C=O) groups is 2. The van der Waals surface area contributed by atoms with Gasteiger partial charge in [-0.05, 0) is 29.4 Å². The third-order valence-electron chi connectivity index (χ3n) is 6.55. The molecular weight excluding hydrogens is 326 g/mol. The average Bonchev–Trinajstić information content (AvgIpc) is 3.27. The molecule has 5 nitrogen and oxygen atoms in total. The van der Waals surface area contributed by atoms with Gasteiger partial charge in [0.05, 0.1) is 0 Å². The van der Waals surface area contributed by atoms with E-state index in [2.05, 4.69) is 17.4 Å². The highest BCUT2D eigenvalue weighted by Crippen LogP contribution is 2.31. The summed E-state index contributed by atoms with van der Waals surface area (Å²) in [5.41, 5.74) is 2.39. The fourth-order valence-electron chi connectivity index (χ4n) is 4.68. The van der Waals surface area contributed by atoms with Crippen molar-refractivity contribution in [3.63, 3.8) is 0 Å². The molecule has 140 valence electrons. The molecule has 26 heavy (non-hydrogen) atoms. The van der Waals surface area contributed by atoms with Crippen molar-refractivity contribution in [3.05, 3.63) is 35.4 Å². The van der Waals surface area contributed by atoms with Crippen molar-refractivity contribution in [2.75, 3.05) is 26.2 Å². The standard InChI is InChI=1S/C21H29N3O2/c1-3-14(2)20(25)24-13-16-7-5-4-6-15(16)8-19(24)21(26)23-11-17-9-22-10-18(17)12-23/h4-7,14,17-19,22H,3,8-13H2,1-2H3/t14?,17-,18+,19?. The molecule has 0 spiro atoms. The Morgan fingerprint density at radius 1 is 1.15 bits per heavy atom. The summed E-state index contributed by atoms with van der Waals surface area (Å²) in [6.07, 6.45) is 1.44. The lowest BCUT2D eigenvalue weighted by molar-refractivity contribution is -0.148. The Morgan fingerprint density at radius 3 is 2.46 bits per heavy atom. The minimum atomic E-state index is -0.349. The second-order valence-corrected chi connectivity index (χ2v) is 8.19. The fourth-order valence-corrected chi connectivity index (χ4v) is 4.68. The number of likely N-dealkylation sites (tertiary alicyclic amines) is 1. The maximum Gasteiger partial charge on any atom is 0.245 e. The molecule has 2 amide bonds. The zero-order valence-electron chi connectivity index (χ0n) is 15.8. The van der Waals surface area contributed by atoms with Crippen LogP contribution in [0.4, 0.5) is 0 Å². The van der Waals surface area contributed by atoms with E-state index in [1.54, 1.807) is 0 Å². The topological polar surface area (TPSA) is 52.7 Å². The Balaban J connectivity index is 1.58. The van der Waals surface area contributed by atoms with Crippen LogP contribution in [-0.4, -0.2) is 53.8 Å². The van der Waals surface area contributed by atoms with Crippen LogP contribution < -0.4 is 5.32 Å². The second kappa shape index (κ2) is 7.03. The predicted octanol–water partition coefficient (Wildman–Crippen LogP) is 1.66. The van der Waals surface area contributed by atoms with Gasteiger partial charge in [-0.1, -0.05) is 38.1 Å². The molecule has 3 aliphatic heterocycles. The molecule has 0 aromatic heterocycles. The van der Waals surface area contributed by atoms with Gasteiger partial charge >= 0.3 is 0 Å². The third kappa shape index (κ3) is 3.02. The van der Waals surface area contributed by atoms with Gasteiger partial charge in [-0.15, -0.1) is 0 Å². The highest BCUT2D eigenvalue weighted by atomic mass is 16.2. The molecule has 5 heteroatoms. The Labute approximate surface area is 155 Å².